The number of carbonyl (C=O) groups is 1. The minimum absolute atomic E-state index is 0.162. The van der Waals surface area contributed by atoms with Gasteiger partial charge < -0.3 is 0 Å². The summed E-state index contributed by atoms with van der Waals surface area (Å²) in [6, 6.07) is 0.837. The molecule has 0 bridgehead atoms. The van der Waals surface area contributed by atoms with Crippen molar-refractivity contribution in [1.82, 2.24) is 23.8 Å². The zero-order valence-corrected chi connectivity index (χ0v) is 14.4. The van der Waals surface area contributed by atoms with Crippen molar-refractivity contribution in [2.75, 3.05) is 24.7 Å². The highest BCUT2D eigenvalue weighted by Gasteiger charge is 2.39. The van der Waals surface area contributed by atoms with Crippen molar-refractivity contribution < 1.29 is 13.2 Å². The second-order valence-corrected chi connectivity index (χ2v) is 7.63. The lowest BCUT2D eigenvalue weighted by Crippen LogP contribution is -2.42. The van der Waals surface area contributed by atoms with Crippen LogP contribution in [0.5, 0.6) is 0 Å². The molecule has 1 atom stereocenters. The first kappa shape index (κ1) is 17.2. The summed E-state index contributed by atoms with van der Waals surface area (Å²) in [5.41, 5.74) is -0.0516. The molecule has 1 unspecified atom stereocenters. The Morgan fingerprint density at radius 1 is 1.20 bits per heavy atom. The zero-order valence-electron chi connectivity index (χ0n) is 13.6. The van der Waals surface area contributed by atoms with Gasteiger partial charge in [-0.3, -0.25) is 14.3 Å². The second kappa shape index (κ2) is 6.33. The maximum absolute atomic E-state index is 12.5. The minimum Gasteiger partial charge on any atom is -0.279 e. The quantitative estimate of drug-likeness (QED) is 0.684. The standard InChI is InChI=1S/C14H16N6O4S/c1-18(25(2,23)24)11-4-7-20(12(11)21)13-16-8-10(9-17-13)19-6-3-5-15-14(19)22/h3,5-6,8-9,11H,4,7H2,1-2H3. The van der Waals surface area contributed by atoms with Gasteiger partial charge in [0, 0.05) is 26.0 Å². The van der Waals surface area contributed by atoms with E-state index in [0.717, 1.165) is 10.6 Å². The molecule has 0 aromatic carbocycles. The van der Waals surface area contributed by atoms with Gasteiger partial charge in [-0.25, -0.2) is 28.2 Å². The van der Waals surface area contributed by atoms with Crippen LogP contribution in [0.1, 0.15) is 6.42 Å². The maximum Gasteiger partial charge on any atom is 0.352 e. The molecule has 0 aliphatic carbocycles. The fourth-order valence-electron chi connectivity index (χ4n) is 2.56. The van der Waals surface area contributed by atoms with Crippen molar-refractivity contribution in [1.29, 1.82) is 0 Å². The van der Waals surface area contributed by atoms with Gasteiger partial charge in [-0.05, 0) is 12.5 Å². The van der Waals surface area contributed by atoms with E-state index in [9.17, 15) is 18.0 Å². The van der Waals surface area contributed by atoms with Crippen LogP contribution in [-0.2, 0) is 14.8 Å². The van der Waals surface area contributed by atoms with E-state index in [-0.39, 0.29) is 11.9 Å². The normalized spacial score (nSPS) is 18.1. The third-order valence-electron chi connectivity index (χ3n) is 4.00. The molecule has 0 radical (unpaired) electrons. The van der Waals surface area contributed by atoms with E-state index >= 15 is 0 Å². The summed E-state index contributed by atoms with van der Waals surface area (Å²) in [4.78, 5) is 37.4. The van der Waals surface area contributed by atoms with Crippen molar-refractivity contribution in [2.45, 2.75) is 12.5 Å². The summed E-state index contributed by atoms with van der Waals surface area (Å²) in [5.74, 6) is -0.214. The fraction of sp³-hybridized carbons (Fsp3) is 0.357. The molecule has 1 saturated heterocycles. The Labute approximate surface area is 143 Å². The lowest BCUT2D eigenvalue weighted by atomic mass is 10.2. The number of carbonyl (C=O) groups excluding carboxylic acids is 1. The molecule has 11 heteroatoms. The van der Waals surface area contributed by atoms with Crippen LogP contribution >= 0.6 is 0 Å². The summed E-state index contributed by atoms with van der Waals surface area (Å²) >= 11 is 0. The Morgan fingerprint density at radius 2 is 1.88 bits per heavy atom. The molecule has 0 N–H and O–H groups in total. The largest absolute Gasteiger partial charge is 0.352 e. The molecule has 2 aromatic heterocycles. The Balaban J connectivity index is 1.83. The molecule has 25 heavy (non-hydrogen) atoms. The van der Waals surface area contributed by atoms with Gasteiger partial charge in [0.1, 0.15) is 6.04 Å². The van der Waals surface area contributed by atoms with Crippen LogP contribution < -0.4 is 10.6 Å². The average Bonchev–Trinajstić information content (AvgIpc) is 2.95. The molecule has 1 aliphatic heterocycles. The zero-order chi connectivity index (χ0) is 18.2. The molecule has 132 valence electrons. The van der Waals surface area contributed by atoms with Gasteiger partial charge in [0.05, 0.1) is 24.3 Å². The first-order valence-electron chi connectivity index (χ1n) is 7.39. The molecule has 0 saturated carbocycles. The Bertz CT molecular complexity index is 956. The number of amides is 1. The molecule has 2 aromatic rings. The molecule has 1 aliphatic rings. The molecule has 3 rings (SSSR count). The highest BCUT2D eigenvalue weighted by atomic mass is 32.2. The van der Waals surface area contributed by atoms with Gasteiger partial charge >= 0.3 is 5.69 Å². The smallest absolute Gasteiger partial charge is 0.279 e. The molecular formula is C14H16N6O4S. The van der Waals surface area contributed by atoms with Crippen LogP contribution in [0.15, 0.2) is 35.6 Å². The highest BCUT2D eigenvalue weighted by Crippen LogP contribution is 2.22. The minimum atomic E-state index is -3.47. The number of likely N-dealkylation sites (N-methyl/N-ethyl adjacent to an activating group) is 1. The SMILES string of the molecule is CN(C1CCN(c2ncc(-n3cccnc3=O)cn2)C1=O)S(C)(=O)=O. The maximum atomic E-state index is 12.5. The van der Waals surface area contributed by atoms with Crippen LogP contribution in [0.3, 0.4) is 0 Å². The third-order valence-corrected chi connectivity index (χ3v) is 5.30. The summed E-state index contributed by atoms with van der Waals surface area (Å²) in [5, 5.41) is 0. The predicted molar refractivity (Wildman–Crippen MR) is 88.8 cm³/mol. The topological polar surface area (TPSA) is 118 Å². The van der Waals surface area contributed by atoms with Gasteiger partial charge in [-0.15, -0.1) is 0 Å². The average molecular weight is 364 g/mol. The van der Waals surface area contributed by atoms with E-state index in [2.05, 4.69) is 15.0 Å². The van der Waals surface area contributed by atoms with E-state index in [4.69, 9.17) is 0 Å². The Kier molecular flexibility index (Phi) is 4.35. The van der Waals surface area contributed by atoms with E-state index < -0.39 is 21.8 Å². The van der Waals surface area contributed by atoms with Crippen molar-refractivity contribution in [2.24, 2.45) is 0 Å². The molecule has 1 amide bonds. The lowest BCUT2D eigenvalue weighted by Gasteiger charge is -2.21. The van der Waals surface area contributed by atoms with Gasteiger partial charge in [0.2, 0.25) is 21.9 Å². The molecule has 10 nitrogen and oxygen atoms in total. The van der Waals surface area contributed by atoms with E-state index in [1.165, 1.54) is 41.3 Å². The van der Waals surface area contributed by atoms with Gasteiger partial charge in [0.15, 0.2) is 0 Å². The van der Waals surface area contributed by atoms with E-state index in [1.54, 1.807) is 6.07 Å². The molecule has 3 heterocycles. The molecular weight excluding hydrogens is 348 g/mol. The molecule has 0 spiro atoms. The van der Waals surface area contributed by atoms with Crippen LogP contribution in [0.4, 0.5) is 5.95 Å². The number of aromatic nitrogens is 4. The number of rotatable bonds is 4. The van der Waals surface area contributed by atoms with E-state index in [1.807, 2.05) is 0 Å². The summed E-state index contributed by atoms with van der Waals surface area (Å²) < 4.78 is 25.6. The monoisotopic (exact) mass is 364 g/mol. The van der Waals surface area contributed by atoms with Crippen LogP contribution in [-0.4, -0.2) is 64.0 Å². The number of nitrogens with zero attached hydrogens (tertiary/aromatic N) is 6. The highest BCUT2D eigenvalue weighted by molar-refractivity contribution is 7.88. The van der Waals surface area contributed by atoms with Gasteiger partial charge in [0.25, 0.3) is 0 Å². The number of hydrogen-bond donors (Lipinski definition) is 0. The second-order valence-electron chi connectivity index (χ2n) is 5.59. The van der Waals surface area contributed by atoms with E-state index in [0.29, 0.717) is 18.7 Å². The summed E-state index contributed by atoms with van der Waals surface area (Å²) in [6.45, 7) is 0.315. The van der Waals surface area contributed by atoms with Crippen molar-refractivity contribution in [3.05, 3.63) is 41.3 Å². The fourth-order valence-corrected chi connectivity index (χ4v) is 3.22. The third kappa shape index (κ3) is 3.28. The first-order valence-corrected chi connectivity index (χ1v) is 9.24. The summed E-state index contributed by atoms with van der Waals surface area (Å²) in [6.07, 6.45) is 7.15. The van der Waals surface area contributed by atoms with Crippen molar-refractivity contribution in [3.63, 3.8) is 0 Å². The van der Waals surface area contributed by atoms with Crippen LogP contribution in [0.25, 0.3) is 5.69 Å². The molecule has 1 fully saturated rings. The lowest BCUT2D eigenvalue weighted by molar-refractivity contribution is -0.120. The van der Waals surface area contributed by atoms with Gasteiger partial charge in [-0.2, -0.15) is 4.31 Å². The number of hydrogen-bond acceptors (Lipinski definition) is 7. The van der Waals surface area contributed by atoms with Crippen molar-refractivity contribution >= 4 is 21.9 Å². The van der Waals surface area contributed by atoms with Crippen LogP contribution in [0, 0.1) is 0 Å². The first-order chi connectivity index (χ1) is 11.8. The van der Waals surface area contributed by atoms with Crippen molar-refractivity contribution in [3.8, 4) is 5.69 Å². The summed E-state index contributed by atoms with van der Waals surface area (Å²) in [7, 11) is -2.10. The van der Waals surface area contributed by atoms with Gasteiger partial charge in [-0.1, -0.05) is 0 Å². The number of sulfonamides is 1. The van der Waals surface area contributed by atoms with Crippen LogP contribution in [0.2, 0.25) is 0 Å². The number of anilines is 1. The predicted octanol–water partition coefficient (Wildman–Crippen LogP) is -0.981. The Morgan fingerprint density at radius 3 is 2.48 bits per heavy atom. The Hall–Kier alpha value is -2.66.